The molecule has 1 amide bonds. The molecule has 0 aliphatic rings. The van der Waals surface area contributed by atoms with Gasteiger partial charge in [-0.15, -0.1) is 0 Å². The molecule has 0 bridgehead atoms. The normalized spacial score (nSPS) is 13.4. The number of imidazole rings is 1. The molecule has 0 saturated heterocycles. The summed E-state index contributed by atoms with van der Waals surface area (Å²) in [5.74, 6) is 1.19. The van der Waals surface area contributed by atoms with E-state index in [1.54, 1.807) is 0 Å². The van der Waals surface area contributed by atoms with Crippen LogP contribution in [0.3, 0.4) is 0 Å². The number of rotatable bonds is 4. The molecule has 0 saturated carbocycles. The van der Waals surface area contributed by atoms with E-state index in [0.29, 0.717) is 5.92 Å². The van der Waals surface area contributed by atoms with Crippen LogP contribution in [0.25, 0.3) is 11.0 Å². The monoisotopic (exact) mass is 303 g/mol. The van der Waals surface area contributed by atoms with Crippen LogP contribution in [0.4, 0.5) is 4.79 Å². The van der Waals surface area contributed by atoms with Gasteiger partial charge in [0.1, 0.15) is 11.4 Å². The van der Waals surface area contributed by atoms with E-state index in [0.717, 1.165) is 23.3 Å². The highest BCUT2D eigenvalue weighted by Crippen LogP contribution is 2.22. The van der Waals surface area contributed by atoms with Crippen LogP contribution in [0.15, 0.2) is 24.3 Å². The standard InChI is InChI=1S/C17H25N3O2/c1-11(2)10-14(20-16(21)22-17(3,4)5)15-18-12-8-6-7-9-13(12)19-15/h6-9,11,14H,10H2,1-5H3,(H,18,19)(H,20,21)/t14-/m0/s1. The number of fused-ring (bicyclic) bond motifs is 1. The average molecular weight is 303 g/mol. The minimum absolute atomic E-state index is 0.192. The summed E-state index contributed by atoms with van der Waals surface area (Å²) >= 11 is 0. The number of aromatic amines is 1. The molecular formula is C17H25N3O2. The first-order valence-corrected chi connectivity index (χ1v) is 7.69. The average Bonchev–Trinajstić information content (AvgIpc) is 2.78. The first kappa shape index (κ1) is 16.3. The number of nitrogens with one attached hydrogen (secondary N) is 2. The number of hydrogen-bond donors (Lipinski definition) is 2. The Hall–Kier alpha value is -2.04. The van der Waals surface area contributed by atoms with Crippen molar-refractivity contribution in [3.8, 4) is 0 Å². The van der Waals surface area contributed by atoms with Crippen molar-refractivity contribution >= 4 is 17.1 Å². The van der Waals surface area contributed by atoms with Gasteiger partial charge in [-0.3, -0.25) is 0 Å². The number of benzene rings is 1. The number of hydrogen-bond acceptors (Lipinski definition) is 3. The predicted octanol–water partition coefficient (Wildman–Crippen LogP) is 4.17. The Bertz CT molecular complexity index is 608. The van der Waals surface area contributed by atoms with Crippen LogP contribution in [0.5, 0.6) is 0 Å². The number of nitrogens with zero attached hydrogens (tertiary/aromatic N) is 1. The molecule has 0 radical (unpaired) electrons. The van der Waals surface area contributed by atoms with Gasteiger partial charge in [0.25, 0.3) is 0 Å². The number of carbonyl (C=O) groups is 1. The van der Waals surface area contributed by atoms with Crippen LogP contribution in [0, 0.1) is 5.92 Å². The lowest BCUT2D eigenvalue weighted by atomic mass is 10.0. The Morgan fingerprint density at radius 3 is 2.59 bits per heavy atom. The highest BCUT2D eigenvalue weighted by atomic mass is 16.6. The molecule has 0 spiro atoms. The Labute approximate surface area is 131 Å². The van der Waals surface area contributed by atoms with Crippen LogP contribution >= 0.6 is 0 Å². The summed E-state index contributed by atoms with van der Waals surface area (Å²) in [6.45, 7) is 9.79. The second-order valence-electron chi connectivity index (χ2n) is 6.97. The Morgan fingerprint density at radius 1 is 1.32 bits per heavy atom. The zero-order chi connectivity index (χ0) is 16.3. The van der Waals surface area contributed by atoms with Gasteiger partial charge in [0.15, 0.2) is 0 Å². The predicted molar refractivity (Wildman–Crippen MR) is 87.7 cm³/mol. The number of para-hydroxylation sites is 2. The molecule has 0 aliphatic carbocycles. The van der Waals surface area contributed by atoms with Crippen molar-refractivity contribution in [1.29, 1.82) is 0 Å². The van der Waals surface area contributed by atoms with Gasteiger partial charge < -0.3 is 15.0 Å². The van der Waals surface area contributed by atoms with E-state index in [1.807, 2.05) is 45.0 Å². The van der Waals surface area contributed by atoms with E-state index in [2.05, 4.69) is 29.1 Å². The van der Waals surface area contributed by atoms with Crippen molar-refractivity contribution in [1.82, 2.24) is 15.3 Å². The van der Waals surface area contributed by atoms with Crippen molar-refractivity contribution in [2.75, 3.05) is 0 Å². The largest absolute Gasteiger partial charge is 0.444 e. The van der Waals surface area contributed by atoms with Crippen molar-refractivity contribution in [3.05, 3.63) is 30.1 Å². The number of H-pyrrole nitrogens is 1. The number of aromatic nitrogens is 2. The number of alkyl carbamates (subject to hydrolysis) is 1. The summed E-state index contributed by atoms with van der Waals surface area (Å²) in [7, 11) is 0. The minimum atomic E-state index is -0.514. The van der Waals surface area contributed by atoms with Gasteiger partial charge in [0.05, 0.1) is 17.1 Å². The fourth-order valence-electron chi connectivity index (χ4n) is 2.30. The van der Waals surface area contributed by atoms with E-state index in [9.17, 15) is 4.79 Å². The molecule has 0 fully saturated rings. The third-order valence-corrected chi connectivity index (χ3v) is 3.14. The van der Waals surface area contributed by atoms with Gasteiger partial charge in [-0.1, -0.05) is 26.0 Å². The Morgan fingerprint density at radius 2 is 2.00 bits per heavy atom. The fourth-order valence-corrected chi connectivity index (χ4v) is 2.30. The second-order valence-corrected chi connectivity index (χ2v) is 6.97. The van der Waals surface area contributed by atoms with Crippen molar-refractivity contribution in [2.24, 2.45) is 5.92 Å². The molecule has 5 nitrogen and oxygen atoms in total. The van der Waals surface area contributed by atoms with E-state index >= 15 is 0 Å². The van der Waals surface area contributed by atoms with Crippen LogP contribution in [-0.4, -0.2) is 21.7 Å². The van der Waals surface area contributed by atoms with Gasteiger partial charge in [-0.25, -0.2) is 9.78 Å². The summed E-state index contributed by atoms with van der Waals surface area (Å²) in [4.78, 5) is 19.9. The lowest BCUT2D eigenvalue weighted by Crippen LogP contribution is -2.35. The zero-order valence-corrected chi connectivity index (χ0v) is 13.9. The van der Waals surface area contributed by atoms with Gasteiger partial charge in [0.2, 0.25) is 0 Å². The highest BCUT2D eigenvalue weighted by Gasteiger charge is 2.23. The second kappa shape index (κ2) is 6.38. The van der Waals surface area contributed by atoms with Gasteiger partial charge in [0, 0.05) is 0 Å². The molecule has 1 atom stereocenters. The Balaban J connectivity index is 2.20. The minimum Gasteiger partial charge on any atom is -0.444 e. The van der Waals surface area contributed by atoms with Crippen LogP contribution in [0.1, 0.15) is 52.9 Å². The van der Waals surface area contributed by atoms with E-state index in [-0.39, 0.29) is 6.04 Å². The third-order valence-electron chi connectivity index (χ3n) is 3.14. The van der Waals surface area contributed by atoms with E-state index < -0.39 is 11.7 Å². The topological polar surface area (TPSA) is 67.0 Å². The van der Waals surface area contributed by atoms with Crippen molar-refractivity contribution < 1.29 is 9.53 Å². The molecular weight excluding hydrogens is 278 g/mol. The van der Waals surface area contributed by atoms with Crippen molar-refractivity contribution in [3.63, 3.8) is 0 Å². The molecule has 22 heavy (non-hydrogen) atoms. The summed E-state index contributed by atoms with van der Waals surface area (Å²) in [6.07, 6.45) is 0.373. The van der Waals surface area contributed by atoms with Crippen LogP contribution in [0.2, 0.25) is 0 Å². The fraction of sp³-hybridized carbons (Fsp3) is 0.529. The van der Waals surface area contributed by atoms with Crippen molar-refractivity contribution in [2.45, 2.75) is 52.7 Å². The summed E-state index contributed by atoms with van der Waals surface area (Å²) < 4.78 is 5.35. The molecule has 0 aliphatic heterocycles. The maximum absolute atomic E-state index is 12.1. The Kier molecular flexibility index (Phi) is 4.74. The zero-order valence-electron chi connectivity index (χ0n) is 13.9. The van der Waals surface area contributed by atoms with Gasteiger partial charge in [-0.05, 0) is 45.2 Å². The molecule has 2 aromatic rings. The van der Waals surface area contributed by atoms with E-state index in [1.165, 1.54) is 0 Å². The maximum Gasteiger partial charge on any atom is 0.408 e. The summed E-state index contributed by atoms with van der Waals surface area (Å²) in [6, 6.07) is 7.65. The first-order chi connectivity index (χ1) is 10.2. The lowest BCUT2D eigenvalue weighted by molar-refractivity contribution is 0.0495. The maximum atomic E-state index is 12.1. The van der Waals surface area contributed by atoms with E-state index in [4.69, 9.17) is 4.74 Å². The van der Waals surface area contributed by atoms with Gasteiger partial charge in [-0.2, -0.15) is 0 Å². The molecule has 5 heteroatoms. The molecule has 2 N–H and O–H groups in total. The van der Waals surface area contributed by atoms with Crippen LogP contribution in [-0.2, 0) is 4.74 Å². The number of ether oxygens (including phenoxy) is 1. The first-order valence-electron chi connectivity index (χ1n) is 7.69. The molecule has 2 rings (SSSR count). The SMILES string of the molecule is CC(C)C[C@H](NC(=O)OC(C)(C)C)c1nc2ccccc2[nH]1. The molecule has 1 aromatic carbocycles. The molecule has 1 heterocycles. The highest BCUT2D eigenvalue weighted by molar-refractivity contribution is 5.75. The number of amides is 1. The molecule has 1 aromatic heterocycles. The number of carbonyl (C=O) groups excluding carboxylic acids is 1. The van der Waals surface area contributed by atoms with Gasteiger partial charge >= 0.3 is 6.09 Å². The lowest BCUT2D eigenvalue weighted by Gasteiger charge is -2.23. The molecule has 0 unspecified atom stereocenters. The third kappa shape index (κ3) is 4.48. The van der Waals surface area contributed by atoms with Crippen LogP contribution < -0.4 is 5.32 Å². The smallest absolute Gasteiger partial charge is 0.408 e. The molecule has 120 valence electrons. The quantitative estimate of drug-likeness (QED) is 0.890. The summed E-state index contributed by atoms with van der Waals surface area (Å²) in [5.41, 5.74) is 1.36. The summed E-state index contributed by atoms with van der Waals surface area (Å²) in [5, 5.41) is 2.93.